The zero-order chi connectivity index (χ0) is 63.3. The van der Waals surface area contributed by atoms with Crippen LogP contribution in [0.25, 0.3) is 0 Å². The Hall–Kier alpha value is -3.70. The van der Waals surface area contributed by atoms with Crippen molar-refractivity contribution in [2.45, 2.75) is 380 Å². The van der Waals surface area contributed by atoms with E-state index in [2.05, 4.69) is 135 Å². The molecule has 5 heteroatoms. The van der Waals surface area contributed by atoms with Crippen molar-refractivity contribution in [2.24, 2.45) is 0 Å². The standard InChI is InChI=1S/C83H144O5/c1-3-5-7-9-11-13-15-17-19-21-23-25-27-29-31-33-35-37-38-39-40-41-42-43-44-46-48-50-52-54-56-58-60-62-64-66-68-70-72-74-76-78-83(86)88-81(79-84)80-87-82(85)77-75-73-71-69-67-65-63-61-59-57-55-53-51-49-47-45-36-34-32-30-28-26-24-22-20-18-16-14-12-10-8-6-4-2/h5,7,11,13,16-19,22-25,28-31,35,37,39-40,81,84H,3-4,6,8-10,12,14-15,20-21,26-27,32-34,36,38,41-80H2,1-2H3/b7-5-,13-11-,18-16-,19-17-,24-22-,25-23-,30-28-,31-29-,37-35-,40-39-. The van der Waals surface area contributed by atoms with Gasteiger partial charge in [0, 0.05) is 12.8 Å². The summed E-state index contributed by atoms with van der Waals surface area (Å²) in [5, 5.41) is 9.72. The number of carbonyl (C=O) groups excluding carboxylic acids is 2. The molecule has 0 aromatic rings. The van der Waals surface area contributed by atoms with E-state index in [1.165, 1.54) is 250 Å². The summed E-state index contributed by atoms with van der Waals surface area (Å²) in [6, 6.07) is 0. The van der Waals surface area contributed by atoms with Crippen LogP contribution in [0.5, 0.6) is 0 Å². The monoisotopic (exact) mass is 1220 g/mol. The zero-order valence-corrected chi connectivity index (χ0v) is 58.2. The molecule has 0 saturated carbocycles. The number of rotatable bonds is 70. The first kappa shape index (κ1) is 84.3. The second-order valence-electron chi connectivity index (χ2n) is 25.3. The van der Waals surface area contributed by atoms with E-state index in [4.69, 9.17) is 9.47 Å². The summed E-state index contributed by atoms with van der Waals surface area (Å²) in [4.78, 5) is 24.7. The second kappa shape index (κ2) is 77.5. The Morgan fingerprint density at radius 3 is 0.739 bits per heavy atom. The Labute approximate surface area is 547 Å². The maximum atomic E-state index is 12.4. The molecule has 5 nitrogen and oxygen atoms in total. The predicted molar refractivity (Wildman–Crippen MR) is 389 cm³/mol. The fourth-order valence-corrected chi connectivity index (χ4v) is 11.1. The Kier molecular flexibility index (Phi) is 74.3. The molecule has 0 aliphatic heterocycles. The highest BCUT2D eigenvalue weighted by Gasteiger charge is 2.16. The number of aliphatic hydroxyl groups is 1. The lowest BCUT2D eigenvalue weighted by molar-refractivity contribution is -0.161. The summed E-state index contributed by atoms with van der Waals surface area (Å²) in [5.74, 6) is -0.576. The predicted octanol–water partition coefficient (Wildman–Crippen LogP) is 26.9. The van der Waals surface area contributed by atoms with Gasteiger partial charge in [-0.2, -0.15) is 0 Å². The van der Waals surface area contributed by atoms with E-state index < -0.39 is 6.10 Å². The highest BCUT2D eigenvalue weighted by atomic mass is 16.6. The van der Waals surface area contributed by atoms with Gasteiger partial charge in [0.15, 0.2) is 6.10 Å². The molecule has 0 aliphatic carbocycles. The van der Waals surface area contributed by atoms with Gasteiger partial charge in [0.25, 0.3) is 0 Å². The van der Waals surface area contributed by atoms with E-state index >= 15 is 0 Å². The van der Waals surface area contributed by atoms with Gasteiger partial charge in [0.2, 0.25) is 0 Å². The number of esters is 2. The van der Waals surface area contributed by atoms with E-state index in [0.29, 0.717) is 12.8 Å². The van der Waals surface area contributed by atoms with Crippen LogP contribution in [-0.2, 0) is 19.1 Å². The topological polar surface area (TPSA) is 72.8 Å². The maximum Gasteiger partial charge on any atom is 0.306 e. The SMILES string of the molecule is CC/C=C\C/C=C\C/C=C\C/C=C\C/C=C\C/C=C\C/C=C\CCCCCCCCCCCCCCCCCCCCCC(=O)OC(CO)COC(=O)CCCCCCCCCCCCCCCCCCCC/C=C\C/C=C\C/C=C\CCCCCCC. The van der Waals surface area contributed by atoms with Crippen LogP contribution >= 0.6 is 0 Å². The van der Waals surface area contributed by atoms with E-state index in [-0.39, 0.29) is 25.2 Å². The summed E-state index contributed by atoms with van der Waals surface area (Å²) < 4.78 is 10.8. The van der Waals surface area contributed by atoms with Gasteiger partial charge in [-0.25, -0.2) is 0 Å². The minimum Gasteiger partial charge on any atom is -0.462 e. The number of aliphatic hydroxyl groups excluding tert-OH is 1. The van der Waals surface area contributed by atoms with Crippen molar-refractivity contribution in [3.8, 4) is 0 Å². The molecule has 1 N–H and O–H groups in total. The molecule has 0 aromatic carbocycles. The van der Waals surface area contributed by atoms with Gasteiger partial charge in [0.1, 0.15) is 6.61 Å². The number of carbonyl (C=O) groups is 2. The van der Waals surface area contributed by atoms with Crippen LogP contribution in [0, 0.1) is 0 Å². The zero-order valence-electron chi connectivity index (χ0n) is 58.2. The highest BCUT2D eigenvalue weighted by molar-refractivity contribution is 5.70. The normalized spacial score (nSPS) is 12.9. The molecule has 0 radical (unpaired) electrons. The van der Waals surface area contributed by atoms with Gasteiger partial charge in [-0.15, -0.1) is 0 Å². The third-order valence-electron chi connectivity index (χ3n) is 16.7. The lowest BCUT2D eigenvalue weighted by atomic mass is 10.0. The third-order valence-corrected chi connectivity index (χ3v) is 16.7. The first-order chi connectivity index (χ1) is 43.6. The molecule has 506 valence electrons. The molecular weight excluding hydrogens is 1080 g/mol. The third kappa shape index (κ3) is 74.8. The first-order valence-corrected chi connectivity index (χ1v) is 38.1. The molecule has 0 rings (SSSR count). The number of hydrogen-bond donors (Lipinski definition) is 1. The van der Waals surface area contributed by atoms with Crippen LogP contribution in [0.1, 0.15) is 373 Å². The Morgan fingerprint density at radius 2 is 0.489 bits per heavy atom. The number of allylic oxidation sites excluding steroid dienone is 20. The van der Waals surface area contributed by atoms with E-state index in [9.17, 15) is 14.7 Å². The van der Waals surface area contributed by atoms with Gasteiger partial charge >= 0.3 is 11.9 Å². The van der Waals surface area contributed by atoms with Gasteiger partial charge in [0.05, 0.1) is 6.61 Å². The van der Waals surface area contributed by atoms with Crippen LogP contribution in [0.3, 0.4) is 0 Å². The largest absolute Gasteiger partial charge is 0.462 e. The van der Waals surface area contributed by atoms with Gasteiger partial charge < -0.3 is 14.6 Å². The summed E-state index contributed by atoms with van der Waals surface area (Å²) in [5.41, 5.74) is 0. The molecular formula is C83H144O5. The summed E-state index contributed by atoms with van der Waals surface area (Å²) in [7, 11) is 0. The van der Waals surface area contributed by atoms with Crippen LogP contribution < -0.4 is 0 Å². The van der Waals surface area contributed by atoms with Crippen molar-refractivity contribution in [1.29, 1.82) is 0 Å². The molecule has 1 atom stereocenters. The minimum absolute atomic E-state index is 0.0652. The van der Waals surface area contributed by atoms with Crippen molar-refractivity contribution in [3.05, 3.63) is 122 Å². The summed E-state index contributed by atoms with van der Waals surface area (Å²) in [6.45, 7) is 4.05. The minimum atomic E-state index is -0.777. The van der Waals surface area contributed by atoms with Gasteiger partial charge in [-0.3, -0.25) is 9.59 Å². The molecule has 0 saturated heterocycles. The van der Waals surface area contributed by atoms with Crippen LogP contribution in [0.4, 0.5) is 0 Å². The lowest BCUT2D eigenvalue weighted by Gasteiger charge is -2.15. The Balaban J connectivity index is 3.44. The average molecular weight is 1220 g/mol. The number of hydrogen-bond acceptors (Lipinski definition) is 5. The van der Waals surface area contributed by atoms with Crippen LogP contribution in [0.15, 0.2) is 122 Å². The second-order valence-corrected chi connectivity index (χ2v) is 25.3. The highest BCUT2D eigenvalue weighted by Crippen LogP contribution is 2.18. The molecule has 0 fully saturated rings. The van der Waals surface area contributed by atoms with Crippen LogP contribution in [-0.4, -0.2) is 36.4 Å². The van der Waals surface area contributed by atoms with Crippen molar-refractivity contribution in [1.82, 2.24) is 0 Å². The van der Waals surface area contributed by atoms with Crippen molar-refractivity contribution in [3.63, 3.8) is 0 Å². The quantitative estimate of drug-likeness (QED) is 0.0373. The summed E-state index contributed by atoms with van der Waals surface area (Å²) >= 11 is 0. The molecule has 0 aromatic heterocycles. The molecule has 0 spiro atoms. The number of ether oxygens (including phenoxy) is 2. The fraction of sp³-hybridized carbons (Fsp3) is 0.735. The van der Waals surface area contributed by atoms with Crippen molar-refractivity contribution >= 4 is 11.9 Å². The van der Waals surface area contributed by atoms with Gasteiger partial charge in [-0.05, 0) is 109 Å². The van der Waals surface area contributed by atoms with E-state index in [0.717, 1.165) is 96.3 Å². The molecule has 1 unspecified atom stereocenters. The maximum absolute atomic E-state index is 12.4. The van der Waals surface area contributed by atoms with Gasteiger partial charge in [-0.1, -0.05) is 373 Å². The van der Waals surface area contributed by atoms with Crippen LogP contribution in [0.2, 0.25) is 0 Å². The Morgan fingerprint density at radius 1 is 0.273 bits per heavy atom. The fourth-order valence-electron chi connectivity index (χ4n) is 11.1. The van der Waals surface area contributed by atoms with E-state index in [1.807, 2.05) is 0 Å². The average Bonchev–Trinajstić information content (AvgIpc) is 3.56. The van der Waals surface area contributed by atoms with Crippen molar-refractivity contribution < 1.29 is 24.2 Å². The lowest BCUT2D eigenvalue weighted by Crippen LogP contribution is -2.28. The van der Waals surface area contributed by atoms with Crippen molar-refractivity contribution in [2.75, 3.05) is 13.2 Å². The Bertz CT molecular complexity index is 1720. The number of unbranched alkanes of at least 4 members (excludes halogenated alkanes) is 42. The summed E-state index contributed by atoms with van der Waals surface area (Å²) in [6.07, 6.45) is 114. The molecule has 0 aliphatic rings. The molecule has 0 bridgehead atoms. The molecule has 0 heterocycles. The van der Waals surface area contributed by atoms with E-state index in [1.54, 1.807) is 0 Å². The first-order valence-electron chi connectivity index (χ1n) is 38.1. The smallest absolute Gasteiger partial charge is 0.306 e. The molecule has 88 heavy (non-hydrogen) atoms. The molecule has 0 amide bonds.